The molecule has 2 aromatic rings. The van der Waals surface area contributed by atoms with Crippen molar-refractivity contribution in [1.82, 2.24) is 9.78 Å². The minimum Gasteiger partial charge on any atom is -0.493 e. The van der Waals surface area contributed by atoms with Gasteiger partial charge in [-0.2, -0.15) is 16.4 Å². The lowest BCUT2D eigenvalue weighted by molar-refractivity contribution is 0.203. The number of aryl methyl sites for hydroxylation is 1. The van der Waals surface area contributed by atoms with Gasteiger partial charge in [0, 0.05) is 6.54 Å². The molecule has 0 saturated heterocycles. The highest BCUT2D eigenvalue weighted by atomic mass is 32.1. The third-order valence-electron chi connectivity index (χ3n) is 2.48. The summed E-state index contributed by atoms with van der Waals surface area (Å²) in [4.78, 5) is 0. The number of ether oxygens (including phenoxy) is 1. The van der Waals surface area contributed by atoms with Crippen molar-refractivity contribution in [3.05, 3.63) is 34.3 Å². The number of rotatable bonds is 4. The van der Waals surface area contributed by atoms with E-state index in [9.17, 15) is 5.11 Å². The Kier molecular flexibility index (Phi) is 3.26. The van der Waals surface area contributed by atoms with Crippen molar-refractivity contribution in [2.24, 2.45) is 0 Å². The van der Waals surface area contributed by atoms with E-state index in [1.54, 1.807) is 29.3 Å². The molecule has 5 heteroatoms. The van der Waals surface area contributed by atoms with E-state index in [4.69, 9.17) is 4.74 Å². The highest BCUT2D eigenvalue weighted by Gasteiger charge is 2.21. The van der Waals surface area contributed by atoms with Gasteiger partial charge in [-0.3, -0.25) is 4.68 Å². The largest absolute Gasteiger partial charge is 0.493 e. The summed E-state index contributed by atoms with van der Waals surface area (Å²) < 4.78 is 6.96. The molecule has 0 radical (unpaired) electrons. The molecule has 0 amide bonds. The van der Waals surface area contributed by atoms with Crippen LogP contribution in [0, 0.1) is 0 Å². The molecule has 2 rings (SSSR count). The lowest BCUT2D eigenvalue weighted by Crippen LogP contribution is -2.09. The van der Waals surface area contributed by atoms with E-state index in [2.05, 4.69) is 5.10 Å². The van der Waals surface area contributed by atoms with E-state index >= 15 is 0 Å². The number of hydrogen-bond donors (Lipinski definition) is 1. The summed E-state index contributed by atoms with van der Waals surface area (Å²) in [7, 11) is 1.58. The molecule has 1 N–H and O–H groups in total. The number of methoxy groups -OCH3 is 1. The lowest BCUT2D eigenvalue weighted by atomic mass is 10.1. The van der Waals surface area contributed by atoms with Crippen molar-refractivity contribution in [1.29, 1.82) is 0 Å². The minimum atomic E-state index is -0.677. The Labute approximate surface area is 98.1 Å². The molecule has 0 aliphatic heterocycles. The number of nitrogens with zero attached hydrogens (tertiary/aromatic N) is 2. The quantitative estimate of drug-likeness (QED) is 0.886. The standard InChI is InChI=1S/C11H14N2O2S/c1-3-13-10(9(15-2)6-12-13)11(14)8-4-5-16-7-8/h4-7,11,14H,3H2,1-2H3. The first-order valence-corrected chi connectivity index (χ1v) is 6.02. The molecule has 0 aliphatic carbocycles. The van der Waals surface area contributed by atoms with Crippen molar-refractivity contribution < 1.29 is 9.84 Å². The maximum absolute atomic E-state index is 10.3. The average Bonchev–Trinajstić information content (AvgIpc) is 2.96. The topological polar surface area (TPSA) is 47.3 Å². The zero-order valence-electron chi connectivity index (χ0n) is 9.25. The number of thiophene rings is 1. The van der Waals surface area contributed by atoms with Crippen LogP contribution >= 0.6 is 11.3 Å². The first-order valence-electron chi connectivity index (χ1n) is 5.07. The fraction of sp³-hybridized carbons (Fsp3) is 0.364. The minimum absolute atomic E-state index is 0.626. The maximum Gasteiger partial charge on any atom is 0.163 e. The van der Waals surface area contributed by atoms with Crippen LogP contribution in [0.2, 0.25) is 0 Å². The summed E-state index contributed by atoms with van der Waals surface area (Å²) in [6.07, 6.45) is 0.956. The molecule has 0 spiro atoms. The molecule has 2 heterocycles. The summed E-state index contributed by atoms with van der Waals surface area (Å²) in [6.45, 7) is 2.69. The summed E-state index contributed by atoms with van der Waals surface area (Å²) in [5.74, 6) is 0.626. The third kappa shape index (κ3) is 1.83. The van der Waals surface area contributed by atoms with Gasteiger partial charge in [-0.25, -0.2) is 0 Å². The second kappa shape index (κ2) is 4.67. The Balaban J connectivity index is 2.41. The molecule has 1 unspecified atom stereocenters. The van der Waals surface area contributed by atoms with Crippen LogP contribution in [0.25, 0.3) is 0 Å². The maximum atomic E-state index is 10.3. The number of hydrogen-bond acceptors (Lipinski definition) is 4. The van der Waals surface area contributed by atoms with Gasteiger partial charge in [-0.15, -0.1) is 0 Å². The zero-order valence-corrected chi connectivity index (χ0v) is 10.1. The molecule has 0 fully saturated rings. The summed E-state index contributed by atoms with van der Waals surface area (Å²) in [5.41, 5.74) is 1.59. The highest BCUT2D eigenvalue weighted by Crippen LogP contribution is 2.30. The van der Waals surface area contributed by atoms with Crippen molar-refractivity contribution in [2.45, 2.75) is 19.6 Å². The molecule has 0 bridgehead atoms. The summed E-state index contributed by atoms with van der Waals surface area (Å²) in [5, 5.41) is 18.3. The first-order chi connectivity index (χ1) is 7.77. The van der Waals surface area contributed by atoms with Gasteiger partial charge >= 0.3 is 0 Å². The normalized spacial score (nSPS) is 12.7. The molecule has 2 aromatic heterocycles. The lowest BCUT2D eigenvalue weighted by Gasteiger charge is -2.12. The molecular formula is C11H14N2O2S. The van der Waals surface area contributed by atoms with Crippen LogP contribution in [0.5, 0.6) is 5.75 Å². The van der Waals surface area contributed by atoms with Gasteiger partial charge in [0.2, 0.25) is 0 Å². The predicted molar refractivity (Wildman–Crippen MR) is 62.8 cm³/mol. The van der Waals surface area contributed by atoms with Gasteiger partial charge in [0.25, 0.3) is 0 Å². The molecular weight excluding hydrogens is 224 g/mol. The Morgan fingerprint density at radius 1 is 1.62 bits per heavy atom. The van der Waals surface area contributed by atoms with E-state index < -0.39 is 6.10 Å². The molecule has 4 nitrogen and oxygen atoms in total. The van der Waals surface area contributed by atoms with Crippen LogP contribution in [0.3, 0.4) is 0 Å². The van der Waals surface area contributed by atoms with Gasteiger partial charge in [0.1, 0.15) is 11.8 Å². The van der Waals surface area contributed by atoms with Gasteiger partial charge in [-0.05, 0) is 29.3 Å². The van der Waals surface area contributed by atoms with Crippen LogP contribution in [0.4, 0.5) is 0 Å². The monoisotopic (exact) mass is 238 g/mol. The molecule has 1 atom stereocenters. The number of aliphatic hydroxyl groups excluding tert-OH is 1. The second-order valence-corrected chi connectivity index (χ2v) is 4.15. The Morgan fingerprint density at radius 2 is 2.44 bits per heavy atom. The van der Waals surface area contributed by atoms with Crippen LogP contribution < -0.4 is 4.74 Å². The number of aliphatic hydroxyl groups is 1. The van der Waals surface area contributed by atoms with Gasteiger partial charge in [0.15, 0.2) is 5.75 Å². The fourth-order valence-electron chi connectivity index (χ4n) is 1.65. The van der Waals surface area contributed by atoms with Crippen molar-refractivity contribution in [2.75, 3.05) is 7.11 Å². The third-order valence-corrected chi connectivity index (χ3v) is 3.18. The fourth-order valence-corrected chi connectivity index (χ4v) is 2.33. The first kappa shape index (κ1) is 11.2. The smallest absolute Gasteiger partial charge is 0.163 e. The van der Waals surface area contributed by atoms with Crippen molar-refractivity contribution in [3.63, 3.8) is 0 Å². The Morgan fingerprint density at radius 3 is 3.00 bits per heavy atom. The number of aromatic nitrogens is 2. The predicted octanol–water partition coefficient (Wildman–Crippen LogP) is 2.05. The zero-order chi connectivity index (χ0) is 11.5. The SMILES string of the molecule is CCn1ncc(OC)c1C(O)c1ccsc1. The van der Waals surface area contributed by atoms with Gasteiger partial charge < -0.3 is 9.84 Å². The van der Waals surface area contributed by atoms with E-state index in [-0.39, 0.29) is 0 Å². The van der Waals surface area contributed by atoms with Crippen LogP contribution in [-0.2, 0) is 6.54 Å². The molecule has 0 saturated carbocycles. The van der Waals surface area contributed by atoms with Crippen LogP contribution in [-0.4, -0.2) is 22.0 Å². The summed E-state index contributed by atoms with van der Waals surface area (Å²) in [6, 6.07) is 1.90. The average molecular weight is 238 g/mol. The van der Waals surface area contributed by atoms with Gasteiger partial charge in [-0.1, -0.05) is 0 Å². The molecule has 86 valence electrons. The highest BCUT2D eigenvalue weighted by molar-refractivity contribution is 7.07. The van der Waals surface area contributed by atoms with Crippen molar-refractivity contribution in [3.8, 4) is 5.75 Å². The van der Waals surface area contributed by atoms with E-state index in [1.165, 1.54) is 0 Å². The molecule has 16 heavy (non-hydrogen) atoms. The molecule has 0 aromatic carbocycles. The van der Waals surface area contributed by atoms with E-state index in [0.29, 0.717) is 18.0 Å². The Bertz CT molecular complexity index is 429. The van der Waals surface area contributed by atoms with Crippen LogP contribution in [0.15, 0.2) is 23.0 Å². The van der Waals surface area contributed by atoms with E-state index in [0.717, 1.165) is 5.56 Å². The second-order valence-electron chi connectivity index (χ2n) is 3.37. The van der Waals surface area contributed by atoms with Crippen LogP contribution in [0.1, 0.15) is 24.3 Å². The van der Waals surface area contributed by atoms with Crippen molar-refractivity contribution >= 4 is 11.3 Å². The Hall–Kier alpha value is -1.33. The van der Waals surface area contributed by atoms with E-state index in [1.807, 2.05) is 23.8 Å². The van der Waals surface area contributed by atoms with Gasteiger partial charge in [0.05, 0.1) is 13.3 Å². The summed E-state index contributed by atoms with van der Waals surface area (Å²) >= 11 is 1.56. The molecule has 0 aliphatic rings.